The van der Waals surface area contributed by atoms with Gasteiger partial charge in [0.25, 0.3) is 0 Å². The van der Waals surface area contributed by atoms with Crippen LogP contribution in [0.4, 0.5) is 0 Å². The highest BCUT2D eigenvalue weighted by Crippen LogP contribution is 2.31. The highest BCUT2D eigenvalue weighted by atomic mass is 16.5. The zero-order valence-electron chi connectivity index (χ0n) is 12.3. The molecule has 0 heterocycles. The fourth-order valence-electron chi connectivity index (χ4n) is 1.90. The number of rotatable bonds is 9. The Morgan fingerprint density at radius 1 is 1.21 bits per heavy atom. The van der Waals surface area contributed by atoms with E-state index in [0.29, 0.717) is 19.8 Å². The third kappa shape index (κ3) is 5.49. The molecule has 2 N–H and O–H groups in total. The zero-order valence-corrected chi connectivity index (χ0v) is 12.3. The van der Waals surface area contributed by atoms with E-state index in [1.165, 1.54) is 0 Å². The lowest BCUT2D eigenvalue weighted by molar-refractivity contribution is 0.256. The van der Waals surface area contributed by atoms with Crippen LogP contribution in [0.1, 0.15) is 18.9 Å². The van der Waals surface area contributed by atoms with Crippen LogP contribution in [0, 0.1) is 0 Å². The lowest BCUT2D eigenvalue weighted by Gasteiger charge is -2.16. The molecular formula is C15H26N2O2. The molecule has 0 aliphatic rings. The molecule has 0 bridgehead atoms. The van der Waals surface area contributed by atoms with E-state index in [9.17, 15) is 0 Å². The SMILES string of the molecule is CCOc1cccc(CCN)c1OCCCN(C)C. The molecule has 0 unspecified atom stereocenters. The van der Waals surface area contributed by atoms with Gasteiger partial charge in [0, 0.05) is 6.54 Å². The van der Waals surface area contributed by atoms with Crippen LogP contribution in [-0.4, -0.2) is 45.3 Å². The summed E-state index contributed by atoms with van der Waals surface area (Å²) >= 11 is 0. The van der Waals surface area contributed by atoms with Crippen LogP contribution < -0.4 is 15.2 Å². The number of benzene rings is 1. The van der Waals surface area contributed by atoms with Gasteiger partial charge in [-0.1, -0.05) is 12.1 Å². The predicted molar refractivity (Wildman–Crippen MR) is 79.0 cm³/mol. The van der Waals surface area contributed by atoms with Gasteiger partial charge in [-0.05, 0) is 52.0 Å². The number of nitrogens with zero attached hydrogens (tertiary/aromatic N) is 1. The number of nitrogens with two attached hydrogens (primary N) is 1. The maximum absolute atomic E-state index is 5.92. The van der Waals surface area contributed by atoms with Gasteiger partial charge in [-0.25, -0.2) is 0 Å². The van der Waals surface area contributed by atoms with Crippen molar-refractivity contribution in [3.63, 3.8) is 0 Å². The highest BCUT2D eigenvalue weighted by molar-refractivity contribution is 5.46. The summed E-state index contributed by atoms with van der Waals surface area (Å²) in [4.78, 5) is 2.15. The van der Waals surface area contributed by atoms with Crippen molar-refractivity contribution in [3.8, 4) is 11.5 Å². The molecular weight excluding hydrogens is 240 g/mol. The smallest absolute Gasteiger partial charge is 0.164 e. The molecule has 0 amide bonds. The second kappa shape index (κ2) is 8.77. The summed E-state index contributed by atoms with van der Waals surface area (Å²) in [6.07, 6.45) is 1.81. The van der Waals surface area contributed by atoms with Crippen molar-refractivity contribution in [1.82, 2.24) is 4.90 Å². The van der Waals surface area contributed by atoms with Crippen molar-refractivity contribution in [2.45, 2.75) is 19.8 Å². The van der Waals surface area contributed by atoms with Crippen molar-refractivity contribution < 1.29 is 9.47 Å². The summed E-state index contributed by atoms with van der Waals surface area (Å²) in [5.41, 5.74) is 6.77. The third-order valence-corrected chi connectivity index (χ3v) is 2.77. The zero-order chi connectivity index (χ0) is 14.1. The summed E-state index contributed by atoms with van der Waals surface area (Å²) in [5, 5.41) is 0. The van der Waals surface area contributed by atoms with E-state index in [-0.39, 0.29) is 0 Å². The minimum Gasteiger partial charge on any atom is -0.490 e. The number of hydrogen-bond acceptors (Lipinski definition) is 4. The Kier molecular flexibility index (Phi) is 7.30. The fourth-order valence-corrected chi connectivity index (χ4v) is 1.90. The van der Waals surface area contributed by atoms with Crippen molar-refractivity contribution >= 4 is 0 Å². The molecule has 0 aromatic heterocycles. The Morgan fingerprint density at radius 3 is 2.63 bits per heavy atom. The van der Waals surface area contributed by atoms with Crippen molar-refractivity contribution in [2.24, 2.45) is 5.73 Å². The number of hydrogen-bond donors (Lipinski definition) is 1. The van der Waals surface area contributed by atoms with Crippen LogP contribution in [0.25, 0.3) is 0 Å². The van der Waals surface area contributed by atoms with E-state index in [1.807, 2.05) is 19.1 Å². The molecule has 0 fully saturated rings. The minimum absolute atomic E-state index is 0.615. The Morgan fingerprint density at radius 2 is 2.00 bits per heavy atom. The summed E-state index contributed by atoms with van der Waals surface area (Å²) in [6.45, 7) is 4.94. The largest absolute Gasteiger partial charge is 0.490 e. The van der Waals surface area contributed by atoms with Gasteiger partial charge in [-0.15, -0.1) is 0 Å². The molecule has 4 heteroatoms. The first kappa shape index (κ1) is 15.8. The van der Waals surface area contributed by atoms with Crippen LogP contribution in [-0.2, 0) is 6.42 Å². The molecule has 1 aromatic rings. The van der Waals surface area contributed by atoms with Crippen molar-refractivity contribution in [1.29, 1.82) is 0 Å². The lowest BCUT2D eigenvalue weighted by Crippen LogP contribution is -2.16. The van der Waals surface area contributed by atoms with Gasteiger partial charge in [0.2, 0.25) is 0 Å². The molecule has 0 radical (unpaired) electrons. The molecule has 0 aliphatic heterocycles. The van der Waals surface area contributed by atoms with Gasteiger partial charge in [0.15, 0.2) is 11.5 Å². The highest BCUT2D eigenvalue weighted by Gasteiger charge is 2.10. The first-order valence-electron chi connectivity index (χ1n) is 6.91. The average molecular weight is 266 g/mol. The quantitative estimate of drug-likeness (QED) is 0.694. The fraction of sp³-hybridized carbons (Fsp3) is 0.600. The second-order valence-corrected chi connectivity index (χ2v) is 4.72. The summed E-state index contributed by atoms with van der Waals surface area (Å²) < 4.78 is 11.5. The lowest BCUT2D eigenvalue weighted by atomic mass is 10.1. The van der Waals surface area contributed by atoms with E-state index in [0.717, 1.165) is 36.4 Å². The molecule has 1 aromatic carbocycles. The van der Waals surface area contributed by atoms with E-state index < -0.39 is 0 Å². The minimum atomic E-state index is 0.615. The normalized spacial score (nSPS) is 10.8. The van der Waals surface area contributed by atoms with Crippen LogP contribution in [0.15, 0.2) is 18.2 Å². The standard InChI is InChI=1S/C15H26N2O2/c1-4-18-14-8-5-7-13(9-10-16)15(14)19-12-6-11-17(2)3/h5,7-8H,4,6,9-12,16H2,1-3H3. The summed E-state index contributed by atoms with van der Waals surface area (Å²) in [6, 6.07) is 5.99. The van der Waals surface area contributed by atoms with E-state index in [2.05, 4.69) is 25.1 Å². The predicted octanol–water partition coefficient (Wildman–Crippen LogP) is 1.92. The summed E-state index contributed by atoms with van der Waals surface area (Å²) in [5.74, 6) is 1.67. The van der Waals surface area contributed by atoms with Gasteiger partial charge in [0.05, 0.1) is 13.2 Å². The maximum atomic E-state index is 5.92. The van der Waals surface area contributed by atoms with Crippen molar-refractivity contribution in [2.75, 3.05) is 40.4 Å². The van der Waals surface area contributed by atoms with Gasteiger partial charge < -0.3 is 20.1 Å². The van der Waals surface area contributed by atoms with E-state index in [1.54, 1.807) is 0 Å². The van der Waals surface area contributed by atoms with Gasteiger partial charge in [0.1, 0.15) is 0 Å². The van der Waals surface area contributed by atoms with Crippen LogP contribution in [0.3, 0.4) is 0 Å². The van der Waals surface area contributed by atoms with Crippen LogP contribution in [0.5, 0.6) is 11.5 Å². The first-order chi connectivity index (χ1) is 9.19. The monoisotopic (exact) mass is 266 g/mol. The molecule has 0 aliphatic carbocycles. The van der Waals surface area contributed by atoms with E-state index in [4.69, 9.17) is 15.2 Å². The van der Waals surface area contributed by atoms with Gasteiger partial charge >= 0.3 is 0 Å². The number of ether oxygens (including phenoxy) is 2. The molecule has 19 heavy (non-hydrogen) atoms. The van der Waals surface area contributed by atoms with Gasteiger partial charge in [-0.2, -0.15) is 0 Å². The number of para-hydroxylation sites is 1. The Hall–Kier alpha value is -1.26. The molecule has 0 spiro atoms. The summed E-state index contributed by atoms with van der Waals surface area (Å²) in [7, 11) is 4.13. The topological polar surface area (TPSA) is 47.7 Å². The van der Waals surface area contributed by atoms with Crippen LogP contribution >= 0.6 is 0 Å². The molecule has 0 saturated heterocycles. The van der Waals surface area contributed by atoms with E-state index >= 15 is 0 Å². The molecule has 0 atom stereocenters. The molecule has 4 nitrogen and oxygen atoms in total. The maximum Gasteiger partial charge on any atom is 0.164 e. The Bertz CT molecular complexity index is 343. The Balaban J connectivity index is 2.70. The van der Waals surface area contributed by atoms with Gasteiger partial charge in [-0.3, -0.25) is 0 Å². The average Bonchev–Trinajstić information content (AvgIpc) is 2.37. The second-order valence-electron chi connectivity index (χ2n) is 4.72. The Labute approximate surface area is 116 Å². The third-order valence-electron chi connectivity index (χ3n) is 2.77. The van der Waals surface area contributed by atoms with Crippen LogP contribution in [0.2, 0.25) is 0 Å². The van der Waals surface area contributed by atoms with Crippen molar-refractivity contribution in [3.05, 3.63) is 23.8 Å². The first-order valence-corrected chi connectivity index (χ1v) is 6.91. The molecule has 0 saturated carbocycles. The molecule has 108 valence electrons. The molecule has 1 rings (SSSR count).